The molecule has 2 aliphatic heterocycles. The molecular weight excluding hydrogens is 304 g/mol. The van der Waals surface area contributed by atoms with Crippen LogP contribution in [-0.4, -0.2) is 65.8 Å². The Morgan fingerprint density at radius 2 is 2.12 bits per heavy atom. The predicted molar refractivity (Wildman–Crippen MR) is 92.7 cm³/mol. The molecule has 1 aromatic rings. The molecule has 0 radical (unpaired) electrons. The molecule has 1 saturated heterocycles. The summed E-state index contributed by atoms with van der Waals surface area (Å²) in [5.41, 5.74) is 2.64. The summed E-state index contributed by atoms with van der Waals surface area (Å²) >= 11 is 0. The molecule has 132 valence electrons. The highest BCUT2D eigenvalue weighted by atomic mass is 16.5. The van der Waals surface area contributed by atoms with Crippen LogP contribution in [0.15, 0.2) is 24.3 Å². The van der Waals surface area contributed by atoms with E-state index in [-0.39, 0.29) is 18.1 Å². The Morgan fingerprint density at radius 3 is 2.92 bits per heavy atom. The second-order valence-corrected chi connectivity index (χ2v) is 6.93. The third-order valence-electron chi connectivity index (χ3n) is 5.06. The minimum absolute atomic E-state index is 0.216. The lowest BCUT2D eigenvalue weighted by Gasteiger charge is -2.37. The number of aliphatic hydroxyl groups excluding tert-OH is 1. The van der Waals surface area contributed by atoms with E-state index in [1.54, 1.807) is 0 Å². The maximum absolute atomic E-state index is 12.6. The Morgan fingerprint density at radius 1 is 1.33 bits per heavy atom. The highest BCUT2D eigenvalue weighted by Gasteiger charge is 2.26. The van der Waals surface area contributed by atoms with Gasteiger partial charge in [0.15, 0.2) is 0 Å². The van der Waals surface area contributed by atoms with Crippen LogP contribution in [0.1, 0.15) is 30.9 Å². The summed E-state index contributed by atoms with van der Waals surface area (Å²) in [6.45, 7) is 6.30. The van der Waals surface area contributed by atoms with Crippen LogP contribution < -0.4 is 0 Å². The van der Waals surface area contributed by atoms with E-state index in [9.17, 15) is 9.90 Å². The molecule has 0 aliphatic carbocycles. The standard InChI is InChI=1S/C19H28N2O3/c1-15(22)12-18-14-24-11-10-20(18)9-7-19(23)21-8-6-16-4-2-3-5-17(16)13-21/h2-5,15,18,22H,6-14H2,1H3. The van der Waals surface area contributed by atoms with Crippen molar-refractivity contribution in [2.75, 3.05) is 32.8 Å². The first-order chi connectivity index (χ1) is 11.6. The molecule has 0 bridgehead atoms. The summed E-state index contributed by atoms with van der Waals surface area (Å²) in [7, 11) is 0. The molecule has 3 rings (SSSR count). The number of ether oxygens (including phenoxy) is 1. The molecule has 1 amide bonds. The molecular formula is C19H28N2O3. The van der Waals surface area contributed by atoms with Crippen molar-refractivity contribution < 1.29 is 14.6 Å². The molecule has 2 heterocycles. The molecule has 5 heteroatoms. The Kier molecular flexibility index (Phi) is 5.87. The number of benzene rings is 1. The van der Waals surface area contributed by atoms with Crippen molar-refractivity contribution >= 4 is 5.91 Å². The van der Waals surface area contributed by atoms with Gasteiger partial charge in [0.2, 0.25) is 5.91 Å². The lowest BCUT2D eigenvalue weighted by molar-refractivity contribution is -0.133. The summed E-state index contributed by atoms with van der Waals surface area (Å²) in [4.78, 5) is 16.9. The largest absolute Gasteiger partial charge is 0.393 e. The van der Waals surface area contributed by atoms with Crippen molar-refractivity contribution in [3.05, 3.63) is 35.4 Å². The minimum atomic E-state index is -0.339. The topological polar surface area (TPSA) is 53.0 Å². The van der Waals surface area contributed by atoms with Gasteiger partial charge in [0.05, 0.1) is 19.3 Å². The highest BCUT2D eigenvalue weighted by Crippen LogP contribution is 2.19. The number of fused-ring (bicyclic) bond motifs is 1. The average Bonchev–Trinajstić information content (AvgIpc) is 2.60. The lowest BCUT2D eigenvalue weighted by atomic mass is 9.99. The van der Waals surface area contributed by atoms with Crippen molar-refractivity contribution in [3.63, 3.8) is 0 Å². The Hall–Kier alpha value is -1.43. The highest BCUT2D eigenvalue weighted by molar-refractivity contribution is 5.76. The van der Waals surface area contributed by atoms with Gasteiger partial charge in [-0.2, -0.15) is 0 Å². The monoisotopic (exact) mass is 332 g/mol. The SMILES string of the molecule is CC(O)CC1COCCN1CCC(=O)N1CCc2ccccc2C1. The fourth-order valence-electron chi connectivity index (χ4n) is 3.70. The van der Waals surface area contributed by atoms with Crippen molar-refractivity contribution in [1.29, 1.82) is 0 Å². The smallest absolute Gasteiger partial charge is 0.224 e. The van der Waals surface area contributed by atoms with Gasteiger partial charge < -0.3 is 14.7 Å². The number of amides is 1. The van der Waals surface area contributed by atoms with Gasteiger partial charge in [-0.25, -0.2) is 0 Å². The number of morpholine rings is 1. The molecule has 1 N–H and O–H groups in total. The first-order valence-electron chi connectivity index (χ1n) is 8.98. The van der Waals surface area contributed by atoms with Gasteiger partial charge in [0.1, 0.15) is 0 Å². The van der Waals surface area contributed by atoms with E-state index in [2.05, 4.69) is 23.1 Å². The van der Waals surface area contributed by atoms with E-state index in [0.29, 0.717) is 26.1 Å². The van der Waals surface area contributed by atoms with Gasteiger partial charge in [-0.15, -0.1) is 0 Å². The summed E-state index contributed by atoms with van der Waals surface area (Å²) in [6.07, 6.45) is 1.85. The van der Waals surface area contributed by atoms with Crippen LogP contribution in [0.3, 0.4) is 0 Å². The second kappa shape index (κ2) is 8.10. The number of carbonyl (C=O) groups is 1. The number of hydrogen-bond acceptors (Lipinski definition) is 4. The Labute approximate surface area is 144 Å². The summed E-state index contributed by atoms with van der Waals surface area (Å²) in [5.74, 6) is 0.229. The zero-order valence-electron chi connectivity index (χ0n) is 14.5. The van der Waals surface area contributed by atoms with Crippen molar-refractivity contribution in [2.45, 2.75) is 44.9 Å². The van der Waals surface area contributed by atoms with E-state index in [1.165, 1.54) is 11.1 Å². The number of nitrogens with zero attached hydrogens (tertiary/aromatic N) is 2. The molecule has 2 atom stereocenters. The van der Waals surface area contributed by atoms with Gasteiger partial charge >= 0.3 is 0 Å². The Balaban J connectivity index is 1.52. The maximum atomic E-state index is 12.6. The van der Waals surface area contributed by atoms with Crippen LogP contribution >= 0.6 is 0 Å². The van der Waals surface area contributed by atoms with Crippen LogP contribution in [0, 0.1) is 0 Å². The van der Waals surface area contributed by atoms with Crippen LogP contribution in [0.5, 0.6) is 0 Å². The molecule has 1 aromatic carbocycles. The second-order valence-electron chi connectivity index (χ2n) is 6.93. The van der Waals surface area contributed by atoms with Crippen LogP contribution in [-0.2, 0) is 22.5 Å². The minimum Gasteiger partial charge on any atom is -0.393 e. The van der Waals surface area contributed by atoms with Crippen LogP contribution in [0.2, 0.25) is 0 Å². The molecule has 2 unspecified atom stereocenters. The van der Waals surface area contributed by atoms with E-state index in [4.69, 9.17) is 4.74 Å². The molecule has 24 heavy (non-hydrogen) atoms. The van der Waals surface area contributed by atoms with E-state index < -0.39 is 0 Å². The molecule has 1 fully saturated rings. The van der Waals surface area contributed by atoms with Gasteiger partial charge in [0, 0.05) is 38.6 Å². The number of aliphatic hydroxyl groups is 1. The average molecular weight is 332 g/mol. The third-order valence-corrected chi connectivity index (χ3v) is 5.06. The van der Waals surface area contributed by atoms with Gasteiger partial charge in [-0.3, -0.25) is 9.69 Å². The molecule has 0 spiro atoms. The number of rotatable bonds is 5. The fourth-order valence-corrected chi connectivity index (χ4v) is 3.70. The fraction of sp³-hybridized carbons (Fsp3) is 0.632. The van der Waals surface area contributed by atoms with Crippen LogP contribution in [0.25, 0.3) is 0 Å². The number of hydrogen-bond donors (Lipinski definition) is 1. The van der Waals surface area contributed by atoms with Gasteiger partial charge in [-0.05, 0) is 30.9 Å². The first-order valence-corrected chi connectivity index (χ1v) is 8.98. The zero-order valence-corrected chi connectivity index (χ0v) is 14.5. The van der Waals surface area contributed by atoms with E-state index in [0.717, 1.165) is 32.6 Å². The quantitative estimate of drug-likeness (QED) is 0.886. The zero-order chi connectivity index (χ0) is 16.9. The Bertz CT molecular complexity index is 561. The van der Waals surface area contributed by atoms with Crippen LogP contribution in [0.4, 0.5) is 0 Å². The molecule has 5 nitrogen and oxygen atoms in total. The number of carbonyl (C=O) groups excluding carboxylic acids is 1. The maximum Gasteiger partial charge on any atom is 0.224 e. The molecule has 0 aromatic heterocycles. The van der Waals surface area contributed by atoms with Crippen molar-refractivity contribution in [3.8, 4) is 0 Å². The third kappa shape index (κ3) is 4.35. The molecule has 2 aliphatic rings. The van der Waals surface area contributed by atoms with Gasteiger partial charge in [-0.1, -0.05) is 24.3 Å². The van der Waals surface area contributed by atoms with Gasteiger partial charge in [0.25, 0.3) is 0 Å². The summed E-state index contributed by atoms with van der Waals surface area (Å²) in [5, 5.41) is 9.64. The predicted octanol–water partition coefficient (Wildman–Crippen LogP) is 1.43. The van der Waals surface area contributed by atoms with E-state index >= 15 is 0 Å². The normalized spacial score (nSPS) is 22.9. The van der Waals surface area contributed by atoms with Crippen molar-refractivity contribution in [1.82, 2.24) is 9.80 Å². The van der Waals surface area contributed by atoms with E-state index in [1.807, 2.05) is 17.9 Å². The summed E-state index contributed by atoms with van der Waals surface area (Å²) in [6, 6.07) is 8.60. The van der Waals surface area contributed by atoms with Crippen molar-refractivity contribution in [2.24, 2.45) is 0 Å². The summed E-state index contributed by atoms with van der Waals surface area (Å²) < 4.78 is 5.53. The first kappa shape index (κ1) is 17.4. The lowest BCUT2D eigenvalue weighted by Crippen LogP contribution is -2.48. The molecule has 0 saturated carbocycles.